The second-order valence-corrected chi connectivity index (χ2v) is 5.47. The van der Waals surface area contributed by atoms with Crippen LogP contribution in [0, 0.1) is 5.92 Å². The molecule has 0 bridgehead atoms. The van der Waals surface area contributed by atoms with E-state index in [9.17, 15) is 4.79 Å². The van der Waals surface area contributed by atoms with Crippen LogP contribution in [0.1, 0.15) is 32.4 Å². The van der Waals surface area contributed by atoms with Gasteiger partial charge in [0.15, 0.2) is 0 Å². The van der Waals surface area contributed by atoms with E-state index in [4.69, 9.17) is 17.4 Å². The van der Waals surface area contributed by atoms with Gasteiger partial charge in [-0.15, -0.1) is 0 Å². The summed E-state index contributed by atoms with van der Waals surface area (Å²) < 4.78 is 0. The zero-order valence-electron chi connectivity index (χ0n) is 11.9. The molecule has 1 aromatic rings. The number of nitrogens with zero attached hydrogens (tertiary/aromatic N) is 1. The van der Waals surface area contributed by atoms with Gasteiger partial charge in [0.05, 0.1) is 6.04 Å². The highest BCUT2D eigenvalue weighted by Gasteiger charge is 2.30. The molecule has 1 aromatic carbocycles. The number of likely N-dealkylation sites (N-methyl/N-ethyl adjacent to an activating group) is 1. The molecular weight excluding hydrogens is 262 g/mol. The smallest absolute Gasteiger partial charge is 0.251 e. The first-order chi connectivity index (χ1) is 8.90. The highest BCUT2D eigenvalue weighted by atomic mass is 35.5. The van der Waals surface area contributed by atoms with E-state index >= 15 is 0 Å². The van der Waals surface area contributed by atoms with Gasteiger partial charge in [-0.25, -0.2) is 5.84 Å². The molecule has 1 rings (SSSR count). The summed E-state index contributed by atoms with van der Waals surface area (Å²) in [6.07, 6.45) is 0. The van der Waals surface area contributed by atoms with Gasteiger partial charge in [0.25, 0.3) is 5.91 Å². The summed E-state index contributed by atoms with van der Waals surface area (Å²) in [5, 5.41) is 0.706. The normalized spacial score (nSPS) is 14.5. The van der Waals surface area contributed by atoms with Gasteiger partial charge in [-0.05, 0) is 31.5 Å². The molecule has 0 radical (unpaired) electrons. The maximum absolute atomic E-state index is 11.9. The number of halogens is 1. The summed E-state index contributed by atoms with van der Waals surface area (Å²) in [4.78, 5) is 13.9. The van der Waals surface area contributed by atoms with Gasteiger partial charge in [0, 0.05) is 11.1 Å². The Morgan fingerprint density at radius 2 is 1.89 bits per heavy atom. The number of hydrogen-bond donors (Lipinski definition) is 2. The van der Waals surface area contributed by atoms with E-state index in [0.29, 0.717) is 5.02 Å². The van der Waals surface area contributed by atoms with Crippen LogP contribution in [-0.2, 0) is 4.79 Å². The van der Waals surface area contributed by atoms with E-state index in [0.717, 1.165) is 5.56 Å². The van der Waals surface area contributed by atoms with Crippen LogP contribution in [0.4, 0.5) is 0 Å². The van der Waals surface area contributed by atoms with Crippen LogP contribution >= 0.6 is 11.6 Å². The summed E-state index contributed by atoms with van der Waals surface area (Å²) in [7, 11) is 1.91. The molecule has 0 spiro atoms. The predicted octanol–water partition coefficient (Wildman–Crippen LogP) is 2.35. The first kappa shape index (κ1) is 16.0. The van der Waals surface area contributed by atoms with Crippen LogP contribution in [0.15, 0.2) is 24.3 Å². The van der Waals surface area contributed by atoms with Gasteiger partial charge in [-0.3, -0.25) is 15.1 Å². The summed E-state index contributed by atoms with van der Waals surface area (Å²) in [5.74, 6) is 5.23. The number of carbonyl (C=O) groups is 1. The summed E-state index contributed by atoms with van der Waals surface area (Å²) in [6.45, 7) is 6.02. The quantitative estimate of drug-likeness (QED) is 0.495. The molecule has 4 nitrogen and oxygen atoms in total. The van der Waals surface area contributed by atoms with Gasteiger partial charge in [-0.2, -0.15) is 0 Å². The maximum atomic E-state index is 11.9. The Morgan fingerprint density at radius 3 is 2.37 bits per heavy atom. The molecular formula is C14H22ClN3O. The molecule has 0 aliphatic rings. The number of carbonyl (C=O) groups excluding carboxylic acids is 1. The average molecular weight is 284 g/mol. The molecule has 0 fully saturated rings. The van der Waals surface area contributed by atoms with Gasteiger partial charge < -0.3 is 0 Å². The third-order valence-electron chi connectivity index (χ3n) is 3.45. The summed E-state index contributed by atoms with van der Waals surface area (Å²) >= 11 is 6.21. The molecule has 106 valence electrons. The van der Waals surface area contributed by atoms with Crippen molar-refractivity contribution >= 4 is 17.5 Å². The number of hydrogen-bond acceptors (Lipinski definition) is 3. The van der Waals surface area contributed by atoms with Crippen molar-refractivity contribution in [1.82, 2.24) is 10.3 Å². The van der Waals surface area contributed by atoms with Crippen LogP contribution in [0.5, 0.6) is 0 Å². The van der Waals surface area contributed by atoms with Gasteiger partial charge in [0.2, 0.25) is 0 Å². The van der Waals surface area contributed by atoms with Crippen molar-refractivity contribution < 1.29 is 4.79 Å². The van der Waals surface area contributed by atoms with Gasteiger partial charge >= 0.3 is 0 Å². The van der Waals surface area contributed by atoms with Crippen molar-refractivity contribution in [3.63, 3.8) is 0 Å². The molecule has 2 unspecified atom stereocenters. The van der Waals surface area contributed by atoms with Crippen LogP contribution in [-0.4, -0.2) is 23.9 Å². The second kappa shape index (κ2) is 6.89. The Hall–Kier alpha value is -1.10. The minimum Gasteiger partial charge on any atom is -0.293 e. The van der Waals surface area contributed by atoms with Crippen LogP contribution in [0.2, 0.25) is 5.02 Å². The van der Waals surface area contributed by atoms with Crippen molar-refractivity contribution in [3.8, 4) is 0 Å². The molecule has 0 aliphatic carbocycles. The topological polar surface area (TPSA) is 58.4 Å². The van der Waals surface area contributed by atoms with Crippen molar-refractivity contribution in [2.24, 2.45) is 11.8 Å². The summed E-state index contributed by atoms with van der Waals surface area (Å²) in [5.41, 5.74) is 3.24. The lowest BCUT2D eigenvalue weighted by Gasteiger charge is -2.34. The molecule has 3 N–H and O–H groups in total. The molecule has 2 atom stereocenters. The Balaban J connectivity index is 3.00. The Labute approximate surface area is 119 Å². The zero-order valence-corrected chi connectivity index (χ0v) is 12.6. The lowest BCUT2D eigenvalue weighted by molar-refractivity contribution is -0.128. The van der Waals surface area contributed by atoms with E-state index in [2.05, 4.69) is 5.43 Å². The minimum atomic E-state index is -0.295. The highest BCUT2D eigenvalue weighted by Crippen LogP contribution is 2.28. The fourth-order valence-corrected chi connectivity index (χ4v) is 2.61. The maximum Gasteiger partial charge on any atom is 0.251 e. The lowest BCUT2D eigenvalue weighted by atomic mass is 9.98. The van der Waals surface area contributed by atoms with E-state index in [1.165, 1.54) is 0 Å². The molecule has 19 heavy (non-hydrogen) atoms. The van der Waals surface area contributed by atoms with Crippen LogP contribution < -0.4 is 11.3 Å². The minimum absolute atomic E-state index is 0.0263. The van der Waals surface area contributed by atoms with Crippen molar-refractivity contribution in [1.29, 1.82) is 0 Å². The number of nitrogens with two attached hydrogens (primary N) is 1. The molecule has 0 saturated carbocycles. The second-order valence-electron chi connectivity index (χ2n) is 5.06. The van der Waals surface area contributed by atoms with E-state index in [1.807, 2.05) is 57.0 Å². The lowest BCUT2D eigenvalue weighted by Crippen LogP contribution is -2.51. The first-order valence-corrected chi connectivity index (χ1v) is 6.74. The monoisotopic (exact) mass is 283 g/mol. The fourth-order valence-electron chi connectivity index (χ4n) is 2.32. The third-order valence-corrected chi connectivity index (χ3v) is 3.79. The van der Waals surface area contributed by atoms with Crippen molar-refractivity contribution in [2.45, 2.75) is 32.9 Å². The van der Waals surface area contributed by atoms with E-state index < -0.39 is 0 Å². The average Bonchev–Trinajstić information content (AvgIpc) is 2.37. The first-order valence-electron chi connectivity index (χ1n) is 6.37. The van der Waals surface area contributed by atoms with E-state index in [1.54, 1.807) is 0 Å². The number of rotatable bonds is 5. The summed E-state index contributed by atoms with van der Waals surface area (Å²) in [6, 6.07) is 7.40. The SMILES string of the molecule is CC(C)C(C(=O)NN)N(C)C(C)c1ccccc1Cl. The van der Waals surface area contributed by atoms with Crippen LogP contribution in [0.25, 0.3) is 0 Å². The molecule has 0 saturated heterocycles. The zero-order chi connectivity index (χ0) is 14.6. The number of hydrazine groups is 1. The molecule has 0 aromatic heterocycles. The molecule has 0 heterocycles. The molecule has 1 amide bonds. The highest BCUT2D eigenvalue weighted by molar-refractivity contribution is 6.31. The van der Waals surface area contributed by atoms with Crippen molar-refractivity contribution in [3.05, 3.63) is 34.9 Å². The third kappa shape index (κ3) is 3.69. The van der Waals surface area contributed by atoms with Crippen molar-refractivity contribution in [2.75, 3.05) is 7.05 Å². The number of amides is 1. The van der Waals surface area contributed by atoms with Gasteiger partial charge in [-0.1, -0.05) is 43.6 Å². The van der Waals surface area contributed by atoms with Crippen LogP contribution in [0.3, 0.4) is 0 Å². The largest absolute Gasteiger partial charge is 0.293 e. The van der Waals surface area contributed by atoms with Gasteiger partial charge in [0.1, 0.15) is 0 Å². The standard InChI is InChI=1S/C14H22ClN3O/c1-9(2)13(14(19)17-16)18(4)10(3)11-7-5-6-8-12(11)15/h5-10,13H,16H2,1-4H3,(H,17,19). The molecule has 0 aliphatic heterocycles. The predicted molar refractivity (Wildman–Crippen MR) is 78.6 cm³/mol. The Morgan fingerprint density at radius 1 is 1.32 bits per heavy atom. The Kier molecular flexibility index (Phi) is 5.79. The number of benzene rings is 1. The fraction of sp³-hybridized carbons (Fsp3) is 0.500. The number of nitrogens with one attached hydrogen (secondary N) is 1. The Bertz CT molecular complexity index is 436. The van der Waals surface area contributed by atoms with E-state index in [-0.39, 0.29) is 23.9 Å². The molecule has 5 heteroatoms.